The van der Waals surface area contributed by atoms with Crippen LogP contribution in [0.2, 0.25) is 0 Å². The molecule has 0 bridgehead atoms. The van der Waals surface area contributed by atoms with E-state index in [0.717, 1.165) is 0 Å². The Morgan fingerprint density at radius 3 is 2.67 bits per heavy atom. The van der Waals surface area contributed by atoms with Crippen LogP contribution in [0.3, 0.4) is 0 Å². The number of alkyl halides is 2. The van der Waals surface area contributed by atoms with Gasteiger partial charge in [0.1, 0.15) is 5.75 Å². The van der Waals surface area contributed by atoms with Crippen LogP contribution in [-0.4, -0.2) is 49.1 Å². The first-order valence-electron chi connectivity index (χ1n) is 6.99. The highest BCUT2D eigenvalue weighted by molar-refractivity contribution is 5.75. The minimum atomic E-state index is -2.69. The van der Waals surface area contributed by atoms with Gasteiger partial charge in [0, 0.05) is 19.5 Å². The van der Waals surface area contributed by atoms with E-state index in [2.05, 4.69) is 0 Å². The summed E-state index contributed by atoms with van der Waals surface area (Å²) >= 11 is 0. The van der Waals surface area contributed by atoms with Crippen LogP contribution < -0.4 is 4.74 Å². The lowest BCUT2D eigenvalue weighted by atomic mass is 10.3. The van der Waals surface area contributed by atoms with Crippen molar-refractivity contribution in [3.05, 3.63) is 30.3 Å². The molecule has 1 saturated heterocycles. The molecule has 1 aliphatic rings. The van der Waals surface area contributed by atoms with E-state index in [4.69, 9.17) is 9.47 Å². The minimum Gasteiger partial charge on any atom is -0.477 e. The topological polar surface area (TPSA) is 38.8 Å². The lowest BCUT2D eigenvalue weighted by molar-refractivity contribution is -0.152. The number of esters is 1. The number of rotatable bonds is 6. The van der Waals surface area contributed by atoms with Crippen LogP contribution in [0.15, 0.2) is 30.3 Å². The van der Waals surface area contributed by atoms with Gasteiger partial charge in [-0.3, -0.25) is 4.90 Å². The molecular formula is C15H19F2NO3. The highest BCUT2D eigenvalue weighted by Crippen LogP contribution is 2.27. The minimum absolute atomic E-state index is 0.101. The monoisotopic (exact) mass is 299 g/mol. The number of ether oxygens (including phenoxy) is 2. The molecule has 1 heterocycles. The first-order chi connectivity index (χ1) is 10.00. The normalized spacial score (nSPS) is 19.2. The van der Waals surface area contributed by atoms with Crippen molar-refractivity contribution < 1.29 is 23.0 Å². The Morgan fingerprint density at radius 1 is 1.38 bits per heavy atom. The molecule has 2 rings (SSSR count). The largest absolute Gasteiger partial charge is 0.477 e. The second-order valence-electron chi connectivity index (χ2n) is 5.01. The fourth-order valence-electron chi connectivity index (χ4n) is 2.26. The second-order valence-corrected chi connectivity index (χ2v) is 5.01. The van der Waals surface area contributed by atoms with Crippen molar-refractivity contribution >= 4 is 5.97 Å². The molecule has 0 radical (unpaired) electrons. The highest BCUT2D eigenvalue weighted by Gasteiger charge is 2.40. The number of nitrogens with zero attached hydrogens (tertiary/aromatic N) is 1. The molecule has 21 heavy (non-hydrogen) atoms. The molecule has 0 aromatic heterocycles. The molecule has 6 heteroatoms. The summed E-state index contributed by atoms with van der Waals surface area (Å²) in [5, 5.41) is 0. The fourth-order valence-corrected chi connectivity index (χ4v) is 2.26. The predicted molar refractivity (Wildman–Crippen MR) is 73.5 cm³/mol. The molecule has 1 aliphatic heterocycles. The summed E-state index contributed by atoms with van der Waals surface area (Å²) in [5.41, 5.74) is 0. The van der Waals surface area contributed by atoms with Gasteiger partial charge in [-0.1, -0.05) is 18.2 Å². The van der Waals surface area contributed by atoms with Crippen molar-refractivity contribution in [1.29, 1.82) is 0 Å². The van der Waals surface area contributed by atoms with E-state index < -0.39 is 18.0 Å². The van der Waals surface area contributed by atoms with Crippen LogP contribution in [0, 0.1) is 0 Å². The lowest BCUT2D eigenvalue weighted by Crippen LogP contribution is -2.41. The Kier molecular flexibility index (Phi) is 5.12. The van der Waals surface area contributed by atoms with Gasteiger partial charge in [-0.25, -0.2) is 13.6 Å². The molecule has 1 aromatic carbocycles. The number of carbonyl (C=O) groups is 1. The number of carbonyl (C=O) groups excluding carboxylic acids is 1. The van der Waals surface area contributed by atoms with Crippen molar-refractivity contribution in [1.82, 2.24) is 4.90 Å². The maximum atomic E-state index is 13.2. The van der Waals surface area contributed by atoms with Crippen molar-refractivity contribution in [2.75, 3.05) is 26.2 Å². The molecule has 1 fully saturated rings. The molecular weight excluding hydrogens is 280 g/mol. The van der Waals surface area contributed by atoms with Gasteiger partial charge in [0.05, 0.1) is 13.2 Å². The average Bonchev–Trinajstić information content (AvgIpc) is 2.79. The van der Waals surface area contributed by atoms with Crippen LogP contribution >= 0.6 is 0 Å². The Balaban J connectivity index is 2.00. The van der Waals surface area contributed by atoms with Gasteiger partial charge >= 0.3 is 5.97 Å². The van der Waals surface area contributed by atoms with Crippen LogP contribution in [0.5, 0.6) is 5.75 Å². The van der Waals surface area contributed by atoms with Crippen LogP contribution in [0.25, 0.3) is 0 Å². The first-order valence-corrected chi connectivity index (χ1v) is 6.99. The quantitative estimate of drug-likeness (QED) is 0.756. The standard InChI is InChI=1S/C15H19F2NO3/c1-2-20-14(19)13(21-12-6-4-3-5-7-12)10-18-9-8-15(16,17)11-18/h3-7,13H,2,8-11H2,1H3. The van der Waals surface area contributed by atoms with Crippen molar-refractivity contribution in [2.24, 2.45) is 0 Å². The van der Waals surface area contributed by atoms with Gasteiger partial charge in [-0.15, -0.1) is 0 Å². The summed E-state index contributed by atoms with van der Waals surface area (Å²) in [6.07, 6.45) is -1.09. The zero-order valence-corrected chi connectivity index (χ0v) is 11.9. The molecule has 0 amide bonds. The summed E-state index contributed by atoms with van der Waals surface area (Å²) < 4.78 is 37.0. The second kappa shape index (κ2) is 6.85. The van der Waals surface area contributed by atoms with E-state index in [1.807, 2.05) is 6.07 Å². The maximum absolute atomic E-state index is 13.2. The van der Waals surface area contributed by atoms with Crippen LogP contribution in [-0.2, 0) is 9.53 Å². The van der Waals surface area contributed by atoms with Crippen molar-refractivity contribution in [2.45, 2.75) is 25.4 Å². The van der Waals surface area contributed by atoms with Crippen molar-refractivity contribution in [3.8, 4) is 5.75 Å². The summed E-state index contributed by atoms with van der Waals surface area (Å²) in [6.45, 7) is 1.93. The van der Waals surface area contributed by atoms with Gasteiger partial charge in [0.25, 0.3) is 5.92 Å². The van der Waals surface area contributed by atoms with Crippen LogP contribution in [0.1, 0.15) is 13.3 Å². The molecule has 1 atom stereocenters. The Labute approximate surface area is 122 Å². The van der Waals surface area contributed by atoms with E-state index in [-0.39, 0.29) is 32.7 Å². The zero-order valence-electron chi connectivity index (χ0n) is 11.9. The third-order valence-corrected chi connectivity index (χ3v) is 3.24. The number of para-hydroxylation sites is 1. The summed E-state index contributed by atoms with van der Waals surface area (Å²) in [5.74, 6) is -2.70. The molecule has 0 N–H and O–H groups in total. The number of hydrogen-bond acceptors (Lipinski definition) is 4. The van der Waals surface area contributed by atoms with E-state index in [1.54, 1.807) is 31.2 Å². The molecule has 1 unspecified atom stereocenters. The number of halogens is 2. The van der Waals surface area contributed by atoms with Gasteiger partial charge in [-0.05, 0) is 19.1 Å². The first kappa shape index (κ1) is 15.7. The molecule has 4 nitrogen and oxygen atoms in total. The van der Waals surface area contributed by atoms with E-state index in [0.29, 0.717) is 5.75 Å². The van der Waals surface area contributed by atoms with Crippen LogP contribution in [0.4, 0.5) is 8.78 Å². The summed E-state index contributed by atoms with van der Waals surface area (Å²) in [6, 6.07) is 8.81. The highest BCUT2D eigenvalue weighted by atomic mass is 19.3. The number of hydrogen-bond donors (Lipinski definition) is 0. The third kappa shape index (κ3) is 4.67. The lowest BCUT2D eigenvalue weighted by Gasteiger charge is -2.23. The SMILES string of the molecule is CCOC(=O)C(CN1CCC(F)(F)C1)Oc1ccccc1. The molecule has 116 valence electrons. The van der Waals surface area contributed by atoms with Gasteiger partial charge in [0.2, 0.25) is 6.10 Å². The Bertz CT molecular complexity index is 467. The van der Waals surface area contributed by atoms with E-state index in [1.165, 1.54) is 4.90 Å². The number of benzene rings is 1. The number of likely N-dealkylation sites (tertiary alicyclic amines) is 1. The molecule has 1 aromatic rings. The fraction of sp³-hybridized carbons (Fsp3) is 0.533. The van der Waals surface area contributed by atoms with Gasteiger partial charge in [0.15, 0.2) is 0 Å². The Morgan fingerprint density at radius 2 is 2.10 bits per heavy atom. The Hall–Kier alpha value is -1.69. The molecule has 0 spiro atoms. The molecule has 0 aliphatic carbocycles. The summed E-state index contributed by atoms with van der Waals surface area (Å²) in [7, 11) is 0. The average molecular weight is 299 g/mol. The van der Waals surface area contributed by atoms with Gasteiger partial charge < -0.3 is 9.47 Å². The van der Waals surface area contributed by atoms with E-state index >= 15 is 0 Å². The zero-order chi connectivity index (χ0) is 15.3. The van der Waals surface area contributed by atoms with Crippen molar-refractivity contribution in [3.63, 3.8) is 0 Å². The van der Waals surface area contributed by atoms with E-state index in [9.17, 15) is 13.6 Å². The smallest absolute Gasteiger partial charge is 0.348 e. The molecule has 0 saturated carbocycles. The van der Waals surface area contributed by atoms with Gasteiger partial charge in [-0.2, -0.15) is 0 Å². The summed E-state index contributed by atoms with van der Waals surface area (Å²) in [4.78, 5) is 13.5. The predicted octanol–water partition coefficient (Wildman–Crippen LogP) is 2.34. The third-order valence-electron chi connectivity index (χ3n) is 3.24. The maximum Gasteiger partial charge on any atom is 0.348 e.